The molecule has 0 saturated heterocycles. The Bertz CT molecular complexity index is 1050. The van der Waals surface area contributed by atoms with Crippen molar-refractivity contribution in [1.29, 1.82) is 0 Å². The summed E-state index contributed by atoms with van der Waals surface area (Å²) in [5.41, 5.74) is 0.792. The van der Waals surface area contributed by atoms with Crippen molar-refractivity contribution in [3.8, 4) is 11.1 Å². The molecule has 0 saturated carbocycles. The molecule has 3 N–H and O–H groups in total. The average molecular weight is 410 g/mol. The second kappa shape index (κ2) is 8.84. The first kappa shape index (κ1) is 21.1. The van der Waals surface area contributed by atoms with Gasteiger partial charge in [0.15, 0.2) is 0 Å². The van der Waals surface area contributed by atoms with Gasteiger partial charge in [-0.1, -0.05) is 54.6 Å². The van der Waals surface area contributed by atoms with Gasteiger partial charge < -0.3 is 15.7 Å². The zero-order valence-corrected chi connectivity index (χ0v) is 16.2. The van der Waals surface area contributed by atoms with Crippen LogP contribution in [0.15, 0.2) is 72.8 Å². The molecule has 154 valence electrons. The first-order chi connectivity index (χ1) is 14.3. The van der Waals surface area contributed by atoms with Crippen molar-refractivity contribution < 1.29 is 23.5 Å². The molecule has 0 spiro atoms. The van der Waals surface area contributed by atoms with Crippen LogP contribution in [-0.2, 0) is 15.2 Å². The number of carbonyl (C=O) groups excluding carboxylic acids is 2. The summed E-state index contributed by atoms with van der Waals surface area (Å²) in [5, 5.41) is 15.1. The molecule has 0 aliphatic heterocycles. The number of anilines is 1. The molecule has 1 atom stereocenters. The summed E-state index contributed by atoms with van der Waals surface area (Å²) in [6.45, 7) is 1.26. The molecule has 2 amide bonds. The molecule has 3 aromatic carbocycles. The highest BCUT2D eigenvalue weighted by molar-refractivity contribution is 6.39. The second-order valence-electron chi connectivity index (χ2n) is 6.98. The molecule has 0 fully saturated rings. The van der Waals surface area contributed by atoms with Gasteiger partial charge in [-0.05, 0) is 35.7 Å². The third-order valence-corrected chi connectivity index (χ3v) is 4.59. The minimum atomic E-state index is -1.44. The predicted octanol–water partition coefficient (Wildman–Crippen LogP) is 3.59. The first-order valence-electron chi connectivity index (χ1n) is 9.19. The largest absolute Gasteiger partial charge is 0.384 e. The zero-order chi connectivity index (χ0) is 21.7. The Morgan fingerprint density at radius 1 is 0.900 bits per heavy atom. The Morgan fingerprint density at radius 2 is 1.53 bits per heavy atom. The predicted molar refractivity (Wildman–Crippen MR) is 109 cm³/mol. The molecule has 3 aromatic rings. The third kappa shape index (κ3) is 5.07. The molecule has 0 radical (unpaired) electrons. The maximum absolute atomic E-state index is 13.6. The number of hydrogen-bond acceptors (Lipinski definition) is 3. The van der Waals surface area contributed by atoms with Crippen LogP contribution in [0.2, 0.25) is 0 Å². The summed E-state index contributed by atoms with van der Waals surface area (Å²) in [7, 11) is 0. The van der Waals surface area contributed by atoms with E-state index in [9.17, 15) is 23.5 Å². The van der Waals surface area contributed by atoms with E-state index in [1.54, 1.807) is 12.1 Å². The van der Waals surface area contributed by atoms with Gasteiger partial charge in [-0.25, -0.2) is 8.78 Å². The van der Waals surface area contributed by atoms with Gasteiger partial charge in [-0.15, -0.1) is 0 Å². The summed E-state index contributed by atoms with van der Waals surface area (Å²) in [6.07, 6.45) is 0. The zero-order valence-electron chi connectivity index (χ0n) is 16.2. The maximum atomic E-state index is 13.6. The van der Waals surface area contributed by atoms with Crippen LogP contribution in [0.1, 0.15) is 12.5 Å². The summed E-state index contributed by atoms with van der Waals surface area (Å²) < 4.78 is 26.5. The SMILES string of the molecule is CC(O)(CNC(=O)C(=O)Nc1ccc(F)cc1F)c1ccc(-c2ccccc2)cc1. The topological polar surface area (TPSA) is 78.4 Å². The van der Waals surface area contributed by atoms with Gasteiger partial charge in [0.05, 0.1) is 12.2 Å². The van der Waals surface area contributed by atoms with Gasteiger partial charge in [-0.2, -0.15) is 0 Å². The number of amides is 2. The van der Waals surface area contributed by atoms with Crippen molar-refractivity contribution in [2.75, 3.05) is 11.9 Å². The average Bonchev–Trinajstić information content (AvgIpc) is 2.74. The van der Waals surface area contributed by atoms with Crippen LogP contribution in [0.5, 0.6) is 0 Å². The van der Waals surface area contributed by atoms with Crippen LogP contribution in [0.4, 0.5) is 14.5 Å². The van der Waals surface area contributed by atoms with E-state index >= 15 is 0 Å². The monoisotopic (exact) mass is 410 g/mol. The number of halogens is 2. The number of rotatable bonds is 5. The second-order valence-corrected chi connectivity index (χ2v) is 6.98. The normalized spacial score (nSPS) is 12.7. The fourth-order valence-electron chi connectivity index (χ4n) is 2.86. The number of aliphatic hydroxyl groups is 1. The van der Waals surface area contributed by atoms with Crippen LogP contribution in [0.3, 0.4) is 0 Å². The van der Waals surface area contributed by atoms with E-state index < -0.39 is 29.0 Å². The fraction of sp³-hybridized carbons (Fsp3) is 0.130. The van der Waals surface area contributed by atoms with Crippen LogP contribution >= 0.6 is 0 Å². The lowest BCUT2D eigenvalue weighted by Crippen LogP contribution is -2.43. The smallest absolute Gasteiger partial charge is 0.313 e. The first-order valence-corrected chi connectivity index (χ1v) is 9.19. The van der Waals surface area contributed by atoms with Crippen LogP contribution in [0.25, 0.3) is 11.1 Å². The molecule has 0 aliphatic rings. The number of benzene rings is 3. The Hall–Kier alpha value is -3.58. The highest BCUT2D eigenvalue weighted by Gasteiger charge is 2.26. The van der Waals surface area contributed by atoms with E-state index in [0.717, 1.165) is 23.3 Å². The molecule has 0 aromatic heterocycles. The summed E-state index contributed by atoms with van der Waals surface area (Å²) in [5.74, 6) is -3.98. The van der Waals surface area contributed by atoms with E-state index in [4.69, 9.17) is 0 Å². The molecule has 5 nitrogen and oxygen atoms in total. The van der Waals surface area contributed by atoms with Gasteiger partial charge in [0.25, 0.3) is 0 Å². The highest BCUT2D eigenvalue weighted by atomic mass is 19.1. The van der Waals surface area contributed by atoms with Crippen molar-refractivity contribution in [3.05, 3.63) is 90.0 Å². The van der Waals surface area contributed by atoms with Gasteiger partial charge in [0, 0.05) is 6.07 Å². The van der Waals surface area contributed by atoms with Crippen LogP contribution < -0.4 is 10.6 Å². The van der Waals surface area contributed by atoms with Crippen LogP contribution in [0, 0.1) is 11.6 Å². The standard InChI is InChI=1S/C23H20F2N2O3/c1-23(30,17-9-7-16(8-10-17)15-5-3-2-4-6-15)14-26-21(28)22(29)27-20-12-11-18(24)13-19(20)25/h2-13,30H,14H2,1H3,(H,26,28)(H,27,29). The lowest BCUT2D eigenvalue weighted by molar-refractivity contribution is -0.136. The maximum Gasteiger partial charge on any atom is 0.313 e. The molecule has 3 rings (SSSR count). The summed E-state index contributed by atoms with van der Waals surface area (Å²) in [6, 6.07) is 19.5. The number of hydrogen-bond donors (Lipinski definition) is 3. The third-order valence-electron chi connectivity index (χ3n) is 4.59. The van der Waals surface area contributed by atoms with E-state index in [-0.39, 0.29) is 12.2 Å². The Kier molecular flexibility index (Phi) is 6.23. The van der Waals surface area contributed by atoms with Gasteiger partial charge in [0.1, 0.15) is 17.2 Å². The summed E-state index contributed by atoms with van der Waals surface area (Å²) >= 11 is 0. The highest BCUT2D eigenvalue weighted by Crippen LogP contribution is 2.24. The molecular formula is C23H20F2N2O3. The minimum absolute atomic E-state index is 0.240. The summed E-state index contributed by atoms with van der Waals surface area (Å²) in [4.78, 5) is 24.0. The van der Waals surface area contributed by atoms with Crippen molar-refractivity contribution in [2.45, 2.75) is 12.5 Å². The van der Waals surface area contributed by atoms with Crippen LogP contribution in [-0.4, -0.2) is 23.5 Å². The lowest BCUT2D eigenvalue weighted by atomic mass is 9.93. The van der Waals surface area contributed by atoms with Gasteiger partial charge in [0.2, 0.25) is 0 Å². The Morgan fingerprint density at radius 3 is 2.17 bits per heavy atom. The van der Waals surface area contributed by atoms with Crippen molar-refractivity contribution in [2.24, 2.45) is 0 Å². The van der Waals surface area contributed by atoms with E-state index in [1.807, 2.05) is 42.5 Å². The van der Waals surface area contributed by atoms with Gasteiger partial charge >= 0.3 is 11.8 Å². The fourth-order valence-corrected chi connectivity index (χ4v) is 2.86. The molecule has 0 aliphatic carbocycles. The van der Waals surface area contributed by atoms with Crippen molar-refractivity contribution >= 4 is 17.5 Å². The molecule has 0 heterocycles. The van der Waals surface area contributed by atoms with Gasteiger partial charge in [-0.3, -0.25) is 9.59 Å². The quantitative estimate of drug-likeness (QED) is 0.563. The lowest BCUT2D eigenvalue weighted by Gasteiger charge is -2.24. The molecule has 1 unspecified atom stereocenters. The van der Waals surface area contributed by atoms with Crippen molar-refractivity contribution in [1.82, 2.24) is 5.32 Å². The van der Waals surface area contributed by atoms with E-state index in [2.05, 4.69) is 10.6 Å². The minimum Gasteiger partial charge on any atom is -0.384 e. The van der Waals surface area contributed by atoms with E-state index in [1.165, 1.54) is 6.92 Å². The Labute approximate surface area is 172 Å². The molecule has 30 heavy (non-hydrogen) atoms. The molecule has 7 heteroatoms. The molecule has 0 bridgehead atoms. The number of carbonyl (C=O) groups is 2. The Balaban J connectivity index is 1.61. The van der Waals surface area contributed by atoms with E-state index in [0.29, 0.717) is 11.6 Å². The molecular weight excluding hydrogens is 390 g/mol. The van der Waals surface area contributed by atoms with Crippen molar-refractivity contribution in [3.63, 3.8) is 0 Å². The number of nitrogens with one attached hydrogen (secondary N) is 2.